The fourth-order valence-electron chi connectivity index (χ4n) is 2.72. The number of rotatable bonds is 10. The zero-order valence-corrected chi connectivity index (χ0v) is 16.3. The number of alkyl halides is 3. The lowest BCUT2D eigenvalue weighted by Gasteiger charge is -2.08. The SMILES string of the molecule is CC(C)CCCCC(=O)c1ccc(COCc2ccc(C(F)(F)F)cc2)cn1. The highest BCUT2D eigenvalue weighted by Gasteiger charge is 2.29. The molecule has 0 atom stereocenters. The summed E-state index contributed by atoms with van der Waals surface area (Å²) < 4.78 is 43.1. The van der Waals surface area contributed by atoms with Crippen LogP contribution in [0.2, 0.25) is 0 Å². The highest BCUT2D eigenvalue weighted by atomic mass is 19.4. The molecule has 0 aliphatic rings. The van der Waals surface area contributed by atoms with E-state index in [1.165, 1.54) is 12.1 Å². The number of aromatic nitrogens is 1. The average Bonchev–Trinajstić information content (AvgIpc) is 2.65. The standard InChI is InChI=1S/C22H26F3NO2/c1-16(2)5-3-4-6-21(27)20-12-9-18(13-26-20)15-28-14-17-7-10-19(11-8-17)22(23,24)25/h7-13,16H,3-6,14-15H2,1-2H3. The predicted molar refractivity (Wildman–Crippen MR) is 102 cm³/mol. The molecule has 0 aliphatic carbocycles. The molecule has 0 fully saturated rings. The normalized spacial score (nSPS) is 11.8. The Bertz CT molecular complexity index is 738. The van der Waals surface area contributed by atoms with Gasteiger partial charge in [-0.2, -0.15) is 13.2 Å². The Morgan fingerprint density at radius 1 is 1.00 bits per heavy atom. The van der Waals surface area contributed by atoms with Crippen molar-refractivity contribution in [3.63, 3.8) is 0 Å². The molecule has 2 aromatic rings. The number of carbonyl (C=O) groups is 1. The summed E-state index contributed by atoms with van der Waals surface area (Å²) >= 11 is 0. The number of carbonyl (C=O) groups excluding carboxylic acids is 1. The van der Waals surface area contributed by atoms with Crippen molar-refractivity contribution in [3.8, 4) is 0 Å². The summed E-state index contributed by atoms with van der Waals surface area (Å²) in [4.78, 5) is 16.3. The Labute approximate surface area is 163 Å². The molecule has 0 saturated carbocycles. The maximum Gasteiger partial charge on any atom is 0.416 e. The summed E-state index contributed by atoms with van der Waals surface area (Å²) in [7, 11) is 0. The quantitative estimate of drug-likeness (QED) is 0.355. The van der Waals surface area contributed by atoms with Crippen LogP contribution in [0.3, 0.4) is 0 Å². The average molecular weight is 393 g/mol. The molecule has 28 heavy (non-hydrogen) atoms. The third-order valence-corrected chi connectivity index (χ3v) is 4.36. The Hall–Kier alpha value is -2.21. The van der Waals surface area contributed by atoms with Gasteiger partial charge in [-0.25, -0.2) is 0 Å². The van der Waals surface area contributed by atoms with Crippen molar-refractivity contribution >= 4 is 5.78 Å². The predicted octanol–water partition coefficient (Wildman–Crippen LogP) is 6.22. The van der Waals surface area contributed by atoms with Crippen LogP contribution in [0.4, 0.5) is 13.2 Å². The zero-order valence-electron chi connectivity index (χ0n) is 16.3. The Kier molecular flexibility index (Phi) is 8.18. The van der Waals surface area contributed by atoms with E-state index in [2.05, 4.69) is 18.8 Å². The summed E-state index contributed by atoms with van der Waals surface area (Å²) in [6, 6.07) is 8.39. The van der Waals surface area contributed by atoms with Crippen molar-refractivity contribution in [2.24, 2.45) is 5.92 Å². The molecule has 1 aromatic carbocycles. The van der Waals surface area contributed by atoms with Gasteiger partial charge in [-0.1, -0.05) is 44.9 Å². The molecule has 0 aliphatic heterocycles. The Morgan fingerprint density at radius 2 is 1.64 bits per heavy atom. The molecule has 0 saturated heterocycles. The van der Waals surface area contributed by atoms with Crippen LogP contribution in [0.1, 0.15) is 66.7 Å². The first kappa shape index (κ1) is 22.1. The zero-order chi connectivity index (χ0) is 20.6. The highest BCUT2D eigenvalue weighted by molar-refractivity contribution is 5.94. The van der Waals surface area contributed by atoms with E-state index in [0.29, 0.717) is 23.6 Å². The third kappa shape index (κ3) is 7.43. The minimum atomic E-state index is -4.33. The van der Waals surface area contributed by atoms with Gasteiger partial charge < -0.3 is 4.74 Å². The number of Topliss-reactive ketones (excluding diaryl/α,β-unsaturated/α-hetero) is 1. The molecule has 1 heterocycles. The van der Waals surface area contributed by atoms with Crippen LogP contribution >= 0.6 is 0 Å². The molecule has 0 unspecified atom stereocenters. The summed E-state index contributed by atoms with van der Waals surface area (Å²) in [5, 5.41) is 0. The van der Waals surface area contributed by atoms with Crippen molar-refractivity contribution in [1.82, 2.24) is 4.98 Å². The molecule has 3 nitrogen and oxygen atoms in total. The van der Waals surface area contributed by atoms with Gasteiger partial charge in [0.25, 0.3) is 0 Å². The van der Waals surface area contributed by atoms with Gasteiger partial charge in [-0.05, 0) is 41.7 Å². The highest BCUT2D eigenvalue weighted by Crippen LogP contribution is 2.29. The van der Waals surface area contributed by atoms with Gasteiger partial charge in [0.05, 0.1) is 18.8 Å². The van der Waals surface area contributed by atoms with E-state index in [4.69, 9.17) is 4.74 Å². The molecule has 2 rings (SSSR count). The van der Waals surface area contributed by atoms with Crippen LogP contribution in [-0.2, 0) is 24.1 Å². The van der Waals surface area contributed by atoms with Gasteiger partial charge in [-0.3, -0.25) is 9.78 Å². The van der Waals surface area contributed by atoms with Crippen molar-refractivity contribution in [2.75, 3.05) is 0 Å². The second-order valence-corrected chi connectivity index (χ2v) is 7.30. The van der Waals surface area contributed by atoms with E-state index < -0.39 is 11.7 Å². The van der Waals surface area contributed by atoms with Crippen LogP contribution in [0.25, 0.3) is 0 Å². The molecule has 0 spiro atoms. The van der Waals surface area contributed by atoms with E-state index in [9.17, 15) is 18.0 Å². The number of halogens is 3. The largest absolute Gasteiger partial charge is 0.416 e. The summed E-state index contributed by atoms with van der Waals surface area (Å²) in [5.74, 6) is 0.691. The second kappa shape index (κ2) is 10.4. The molecule has 0 radical (unpaired) electrons. The molecule has 0 bridgehead atoms. The first-order valence-corrected chi connectivity index (χ1v) is 9.47. The smallest absolute Gasteiger partial charge is 0.372 e. The number of hydrogen-bond donors (Lipinski definition) is 0. The van der Waals surface area contributed by atoms with Crippen molar-refractivity contribution in [3.05, 3.63) is 65.0 Å². The lowest BCUT2D eigenvalue weighted by molar-refractivity contribution is -0.137. The van der Waals surface area contributed by atoms with Gasteiger partial charge in [-0.15, -0.1) is 0 Å². The van der Waals surface area contributed by atoms with Gasteiger partial charge in [0, 0.05) is 12.6 Å². The van der Waals surface area contributed by atoms with Gasteiger partial charge in [0.15, 0.2) is 5.78 Å². The lowest BCUT2D eigenvalue weighted by Crippen LogP contribution is -2.05. The third-order valence-electron chi connectivity index (χ3n) is 4.36. The number of hydrogen-bond acceptors (Lipinski definition) is 3. The van der Waals surface area contributed by atoms with Crippen LogP contribution in [0.5, 0.6) is 0 Å². The molecular formula is C22H26F3NO2. The maximum atomic E-state index is 12.5. The molecule has 0 N–H and O–H groups in total. The molecule has 0 amide bonds. The van der Waals surface area contributed by atoms with Crippen LogP contribution in [0.15, 0.2) is 42.6 Å². The van der Waals surface area contributed by atoms with E-state index in [-0.39, 0.29) is 19.0 Å². The van der Waals surface area contributed by atoms with Crippen LogP contribution in [-0.4, -0.2) is 10.8 Å². The van der Waals surface area contributed by atoms with E-state index in [1.807, 2.05) is 0 Å². The Balaban J connectivity index is 1.75. The van der Waals surface area contributed by atoms with Gasteiger partial charge >= 0.3 is 6.18 Å². The topological polar surface area (TPSA) is 39.2 Å². The minimum Gasteiger partial charge on any atom is -0.372 e. The first-order chi connectivity index (χ1) is 13.3. The summed E-state index contributed by atoms with van der Waals surface area (Å²) in [5.41, 5.74) is 1.25. The monoisotopic (exact) mass is 393 g/mol. The second-order valence-electron chi connectivity index (χ2n) is 7.30. The van der Waals surface area contributed by atoms with E-state index in [0.717, 1.165) is 37.0 Å². The van der Waals surface area contributed by atoms with Crippen molar-refractivity contribution < 1.29 is 22.7 Å². The Morgan fingerprint density at radius 3 is 2.21 bits per heavy atom. The fraction of sp³-hybridized carbons (Fsp3) is 0.455. The number of pyridine rings is 1. The summed E-state index contributed by atoms with van der Waals surface area (Å²) in [6.07, 6.45) is 0.808. The lowest BCUT2D eigenvalue weighted by atomic mass is 10.0. The van der Waals surface area contributed by atoms with Gasteiger partial charge in [0.2, 0.25) is 0 Å². The number of benzene rings is 1. The fourth-order valence-corrected chi connectivity index (χ4v) is 2.72. The number of unbranched alkanes of at least 4 members (excludes halogenated alkanes) is 1. The summed E-state index contributed by atoms with van der Waals surface area (Å²) in [6.45, 7) is 4.81. The first-order valence-electron chi connectivity index (χ1n) is 9.47. The van der Waals surface area contributed by atoms with E-state index in [1.54, 1.807) is 18.3 Å². The number of nitrogens with zero attached hydrogens (tertiary/aromatic N) is 1. The van der Waals surface area contributed by atoms with Crippen LogP contribution in [0, 0.1) is 5.92 Å². The number of ether oxygens (including phenoxy) is 1. The minimum absolute atomic E-state index is 0.0426. The van der Waals surface area contributed by atoms with Crippen LogP contribution < -0.4 is 0 Å². The number of ketones is 1. The van der Waals surface area contributed by atoms with E-state index >= 15 is 0 Å². The molecular weight excluding hydrogens is 367 g/mol. The molecule has 6 heteroatoms. The van der Waals surface area contributed by atoms with Crippen molar-refractivity contribution in [1.29, 1.82) is 0 Å². The molecule has 1 aromatic heterocycles. The van der Waals surface area contributed by atoms with Gasteiger partial charge in [0.1, 0.15) is 5.69 Å². The maximum absolute atomic E-state index is 12.5. The molecule has 152 valence electrons. The van der Waals surface area contributed by atoms with Crippen molar-refractivity contribution in [2.45, 2.75) is 58.9 Å².